The molecule has 8 N–H and O–H groups in total. The van der Waals surface area contributed by atoms with Crippen LogP contribution in [0.2, 0.25) is 0 Å². The van der Waals surface area contributed by atoms with Crippen LogP contribution in [0.25, 0.3) is 0 Å². The number of benzene rings is 1. The van der Waals surface area contributed by atoms with Gasteiger partial charge < -0.3 is 55.3 Å². The van der Waals surface area contributed by atoms with E-state index in [-0.39, 0.29) is 5.56 Å². The SMILES string of the molecule is O=C(N[C@@H]1[C@@H](O[C@@H]2O[C@H](CO)[C@H](O)[C@H](O)[C@H]2O)[C@H](O)[C@@H](CO)O[C@H]1O)c1ccccc1. The highest BCUT2D eigenvalue weighted by molar-refractivity contribution is 5.94. The molecule has 1 aromatic carbocycles. The number of hydrogen-bond acceptors (Lipinski definition) is 11. The molecule has 2 fully saturated rings. The zero-order chi connectivity index (χ0) is 22.7. The van der Waals surface area contributed by atoms with E-state index < -0.39 is 80.5 Å². The van der Waals surface area contributed by atoms with Gasteiger partial charge in [0.15, 0.2) is 12.6 Å². The lowest BCUT2D eigenvalue weighted by atomic mass is 9.95. The lowest BCUT2D eigenvalue weighted by molar-refractivity contribution is -0.341. The van der Waals surface area contributed by atoms with E-state index in [0.717, 1.165) is 0 Å². The number of aliphatic hydroxyl groups excluding tert-OH is 7. The van der Waals surface area contributed by atoms with Crippen molar-refractivity contribution in [3.8, 4) is 0 Å². The lowest BCUT2D eigenvalue weighted by Gasteiger charge is -2.46. The average Bonchev–Trinajstić information content (AvgIpc) is 2.78. The van der Waals surface area contributed by atoms with Gasteiger partial charge >= 0.3 is 0 Å². The molecule has 12 heteroatoms. The largest absolute Gasteiger partial charge is 0.394 e. The monoisotopic (exact) mass is 445 g/mol. The fourth-order valence-electron chi connectivity index (χ4n) is 3.56. The summed E-state index contributed by atoms with van der Waals surface area (Å²) in [5.74, 6) is -0.620. The molecule has 1 aromatic rings. The third-order valence-corrected chi connectivity index (χ3v) is 5.35. The van der Waals surface area contributed by atoms with Gasteiger partial charge in [-0.25, -0.2) is 0 Å². The summed E-state index contributed by atoms with van der Waals surface area (Å²) in [4.78, 5) is 12.6. The van der Waals surface area contributed by atoms with Crippen molar-refractivity contribution in [1.29, 1.82) is 0 Å². The maximum Gasteiger partial charge on any atom is 0.251 e. The fraction of sp³-hybridized carbons (Fsp3) is 0.632. The fourth-order valence-corrected chi connectivity index (χ4v) is 3.56. The third-order valence-electron chi connectivity index (χ3n) is 5.35. The molecular weight excluding hydrogens is 418 g/mol. The summed E-state index contributed by atoms with van der Waals surface area (Å²) in [5, 5.41) is 72.3. The third kappa shape index (κ3) is 5.04. The number of ether oxygens (including phenoxy) is 3. The van der Waals surface area contributed by atoms with E-state index in [1.54, 1.807) is 18.2 Å². The van der Waals surface area contributed by atoms with Crippen LogP contribution < -0.4 is 5.32 Å². The molecule has 0 radical (unpaired) electrons. The Balaban J connectivity index is 1.82. The topological polar surface area (TPSA) is 198 Å². The molecule has 2 heterocycles. The van der Waals surface area contributed by atoms with Gasteiger partial charge in [-0.05, 0) is 12.1 Å². The van der Waals surface area contributed by atoms with Gasteiger partial charge in [0.2, 0.25) is 0 Å². The highest BCUT2D eigenvalue weighted by Gasteiger charge is 2.51. The Morgan fingerprint density at radius 2 is 1.48 bits per heavy atom. The smallest absolute Gasteiger partial charge is 0.251 e. The summed E-state index contributed by atoms with van der Waals surface area (Å²) in [5.41, 5.74) is 0.250. The van der Waals surface area contributed by atoms with Crippen molar-refractivity contribution in [2.75, 3.05) is 13.2 Å². The Labute approximate surface area is 177 Å². The molecule has 174 valence electrons. The first-order valence-electron chi connectivity index (χ1n) is 9.72. The predicted molar refractivity (Wildman–Crippen MR) is 100 cm³/mol. The van der Waals surface area contributed by atoms with Gasteiger partial charge in [0.1, 0.15) is 48.8 Å². The highest BCUT2D eigenvalue weighted by atomic mass is 16.7. The second kappa shape index (κ2) is 10.3. The molecule has 31 heavy (non-hydrogen) atoms. The maximum atomic E-state index is 12.6. The van der Waals surface area contributed by atoms with Crippen LogP contribution in [0.15, 0.2) is 30.3 Å². The first-order valence-corrected chi connectivity index (χ1v) is 9.72. The maximum absolute atomic E-state index is 12.6. The minimum absolute atomic E-state index is 0.250. The number of hydrogen-bond donors (Lipinski definition) is 8. The number of amides is 1. The molecule has 0 unspecified atom stereocenters. The summed E-state index contributed by atoms with van der Waals surface area (Å²) >= 11 is 0. The summed E-state index contributed by atoms with van der Waals surface area (Å²) in [6.07, 6.45) is -14.1. The number of rotatable bonds is 6. The summed E-state index contributed by atoms with van der Waals surface area (Å²) < 4.78 is 16.0. The highest BCUT2D eigenvalue weighted by Crippen LogP contribution is 2.28. The van der Waals surface area contributed by atoms with Crippen molar-refractivity contribution < 1.29 is 54.8 Å². The minimum Gasteiger partial charge on any atom is -0.394 e. The van der Waals surface area contributed by atoms with Crippen molar-refractivity contribution in [2.45, 2.75) is 61.3 Å². The number of nitrogens with one attached hydrogen (secondary N) is 1. The molecule has 0 saturated carbocycles. The number of carbonyl (C=O) groups is 1. The summed E-state index contributed by atoms with van der Waals surface area (Å²) in [6, 6.07) is 6.63. The van der Waals surface area contributed by atoms with E-state index in [1.807, 2.05) is 0 Å². The van der Waals surface area contributed by atoms with Crippen molar-refractivity contribution in [1.82, 2.24) is 5.32 Å². The first kappa shape index (κ1) is 23.9. The predicted octanol–water partition coefficient (Wildman–Crippen LogP) is -3.96. The van der Waals surface area contributed by atoms with Gasteiger partial charge in [-0.1, -0.05) is 18.2 Å². The quantitative estimate of drug-likeness (QED) is 0.213. The van der Waals surface area contributed by atoms with Gasteiger partial charge in [-0.3, -0.25) is 4.79 Å². The normalized spacial score (nSPS) is 41.0. The molecular formula is C19H27NO11. The molecule has 3 rings (SSSR count). The molecule has 0 spiro atoms. The first-order chi connectivity index (χ1) is 14.8. The Morgan fingerprint density at radius 3 is 2.10 bits per heavy atom. The zero-order valence-corrected chi connectivity index (χ0v) is 16.3. The van der Waals surface area contributed by atoms with E-state index >= 15 is 0 Å². The van der Waals surface area contributed by atoms with Crippen LogP contribution in [-0.2, 0) is 14.2 Å². The van der Waals surface area contributed by atoms with Crippen LogP contribution in [0.1, 0.15) is 10.4 Å². The molecule has 12 nitrogen and oxygen atoms in total. The molecule has 0 aromatic heterocycles. The van der Waals surface area contributed by atoms with Crippen molar-refractivity contribution in [3.05, 3.63) is 35.9 Å². The van der Waals surface area contributed by atoms with Crippen molar-refractivity contribution in [3.63, 3.8) is 0 Å². The van der Waals surface area contributed by atoms with Gasteiger partial charge in [-0.15, -0.1) is 0 Å². The van der Waals surface area contributed by atoms with Crippen LogP contribution >= 0.6 is 0 Å². The van der Waals surface area contributed by atoms with E-state index in [0.29, 0.717) is 0 Å². The van der Waals surface area contributed by atoms with Crippen LogP contribution in [0, 0.1) is 0 Å². The Bertz CT molecular complexity index is 720. The zero-order valence-electron chi connectivity index (χ0n) is 16.3. The van der Waals surface area contributed by atoms with Crippen LogP contribution in [-0.4, -0.2) is 116 Å². The molecule has 10 atom stereocenters. The average molecular weight is 445 g/mol. The Kier molecular flexibility index (Phi) is 7.93. The summed E-state index contributed by atoms with van der Waals surface area (Å²) in [7, 11) is 0. The van der Waals surface area contributed by atoms with Crippen molar-refractivity contribution >= 4 is 5.91 Å². The molecule has 2 aliphatic heterocycles. The molecule has 2 saturated heterocycles. The van der Waals surface area contributed by atoms with E-state index in [2.05, 4.69) is 5.32 Å². The standard InChI is InChI=1S/C19H27NO11/c21-6-9-12(23)14(25)15(26)19(30-9)31-16-11(18(28)29-10(7-22)13(16)24)20-17(27)8-4-2-1-3-5-8/h1-5,9-16,18-19,21-26,28H,6-7H2,(H,20,27)/t9-,10-,11-,12+,13-,14+,15-,16-,18-,19+/m1/s1. The second-order valence-electron chi connectivity index (χ2n) is 7.40. The van der Waals surface area contributed by atoms with Crippen molar-refractivity contribution in [2.24, 2.45) is 0 Å². The van der Waals surface area contributed by atoms with Crippen LogP contribution in [0.5, 0.6) is 0 Å². The van der Waals surface area contributed by atoms with E-state index in [9.17, 15) is 40.5 Å². The molecule has 0 aliphatic carbocycles. The molecule has 0 bridgehead atoms. The molecule has 1 amide bonds. The van der Waals surface area contributed by atoms with Gasteiger partial charge in [0.25, 0.3) is 5.91 Å². The van der Waals surface area contributed by atoms with Gasteiger partial charge in [0, 0.05) is 5.56 Å². The Hall–Kier alpha value is -1.71. The van der Waals surface area contributed by atoms with E-state index in [4.69, 9.17) is 14.2 Å². The lowest BCUT2D eigenvalue weighted by Crippen LogP contribution is -2.67. The van der Waals surface area contributed by atoms with Crippen LogP contribution in [0.3, 0.4) is 0 Å². The van der Waals surface area contributed by atoms with E-state index in [1.165, 1.54) is 12.1 Å². The van der Waals surface area contributed by atoms with Gasteiger partial charge in [0.05, 0.1) is 13.2 Å². The van der Waals surface area contributed by atoms with Crippen LogP contribution in [0.4, 0.5) is 0 Å². The second-order valence-corrected chi connectivity index (χ2v) is 7.40. The summed E-state index contributed by atoms with van der Waals surface area (Å²) in [6.45, 7) is -1.39. The van der Waals surface area contributed by atoms with Gasteiger partial charge in [-0.2, -0.15) is 0 Å². The Morgan fingerprint density at radius 1 is 0.871 bits per heavy atom. The number of aliphatic hydroxyl groups is 7. The number of carbonyl (C=O) groups excluding carboxylic acids is 1. The minimum atomic E-state index is -1.77. The molecule has 2 aliphatic rings.